The molecule has 0 aliphatic rings. The maximum Gasteiger partial charge on any atom is 0.339 e. The Kier molecular flexibility index (Phi) is 5.48. The molecule has 0 N–H and O–H groups in total. The van der Waals surface area contributed by atoms with Crippen molar-refractivity contribution in [3.63, 3.8) is 0 Å². The van der Waals surface area contributed by atoms with Crippen LogP contribution in [-0.4, -0.2) is 18.7 Å². The predicted molar refractivity (Wildman–Crippen MR) is 72.3 cm³/mol. The van der Waals surface area contributed by atoms with Crippen molar-refractivity contribution < 1.29 is 14.3 Å². The van der Waals surface area contributed by atoms with E-state index in [2.05, 4.69) is 13.8 Å². The summed E-state index contributed by atoms with van der Waals surface area (Å²) < 4.78 is 10.6. The van der Waals surface area contributed by atoms with Crippen molar-refractivity contribution in [3.8, 4) is 5.75 Å². The minimum absolute atomic E-state index is 0.162. The van der Waals surface area contributed by atoms with E-state index in [0.717, 1.165) is 0 Å². The van der Waals surface area contributed by atoms with Gasteiger partial charge < -0.3 is 9.47 Å². The second-order valence-corrected chi connectivity index (χ2v) is 5.21. The summed E-state index contributed by atoms with van der Waals surface area (Å²) in [4.78, 5) is 11.7. The summed E-state index contributed by atoms with van der Waals surface area (Å²) in [6.45, 7) is 8.34. The lowest BCUT2D eigenvalue weighted by Crippen LogP contribution is -2.12. The molecular weight excluding hydrogens is 252 g/mol. The molecule has 0 bridgehead atoms. The zero-order valence-corrected chi connectivity index (χ0v) is 12.0. The van der Waals surface area contributed by atoms with Crippen LogP contribution < -0.4 is 4.74 Å². The van der Waals surface area contributed by atoms with Crippen molar-refractivity contribution in [1.29, 1.82) is 0 Å². The molecule has 0 saturated carbocycles. The molecule has 1 rings (SSSR count). The van der Waals surface area contributed by atoms with Gasteiger partial charge in [-0.1, -0.05) is 25.4 Å². The number of halogens is 1. The number of hydrogen-bond acceptors (Lipinski definition) is 3. The van der Waals surface area contributed by atoms with Gasteiger partial charge in [-0.3, -0.25) is 0 Å². The first-order chi connectivity index (χ1) is 8.40. The Morgan fingerprint density at radius 2 is 1.94 bits per heavy atom. The van der Waals surface area contributed by atoms with Crippen LogP contribution >= 0.6 is 11.6 Å². The Balaban J connectivity index is 2.76. The summed E-state index contributed by atoms with van der Waals surface area (Å²) in [5, 5.41) is 0.349. The van der Waals surface area contributed by atoms with E-state index in [4.69, 9.17) is 21.1 Å². The average molecular weight is 271 g/mol. The second-order valence-electron chi connectivity index (χ2n) is 4.80. The number of rotatable bonds is 5. The van der Waals surface area contributed by atoms with Gasteiger partial charge >= 0.3 is 5.97 Å². The molecule has 1 aromatic rings. The minimum Gasteiger partial charge on any atom is -0.493 e. The first-order valence-electron chi connectivity index (χ1n) is 6.03. The highest BCUT2D eigenvalue weighted by Crippen LogP contribution is 2.24. The summed E-state index contributed by atoms with van der Waals surface area (Å²) >= 11 is 6.04. The molecule has 0 aliphatic heterocycles. The quantitative estimate of drug-likeness (QED) is 0.760. The maximum absolute atomic E-state index is 11.7. The van der Waals surface area contributed by atoms with E-state index in [1.807, 2.05) is 0 Å². The molecule has 0 radical (unpaired) electrons. The van der Waals surface area contributed by atoms with Gasteiger partial charge in [-0.15, -0.1) is 0 Å². The SMILES string of the molecule is CC(C)COc1ccc(C(=O)OC(C)C)c(Cl)c1. The minimum atomic E-state index is -0.412. The fourth-order valence-corrected chi connectivity index (χ4v) is 1.54. The van der Waals surface area contributed by atoms with Crippen molar-refractivity contribution in [2.75, 3.05) is 6.61 Å². The number of ether oxygens (including phenoxy) is 2. The average Bonchev–Trinajstić information content (AvgIpc) is 2.25. The Hall–Kier alpha value is -1.22. The van der Waals surface area contributed by atoms with E-state index < -0.39 is 5.97 Å². The van der Waals surface area contributed by atoms with Crippen molar-refractivity contribution in [2.24, 2.45) is 5.92 Å². The van der Waals surface area contributed by atoms with Crippen LogP contribution in [0.3, 0.4) is 0 Å². The van der Waals surface area contributed by atoms with E-state index in [1.165, 1.54) is 0 Å². The smallest absolute Gasteiger partial charge is 0.339 e. The van der Waals surface area contributed by atoms with E-state index in [9.17, 15) is 4.79 Å². The summed E-state index contributed by atoms with van der Waals surface area (Å²) in [5.74, 6) is 0.689. The lowest BCUT2D eigenvalue weighted by Gasteiger charge is -2.11. The summed E-state index contributed by atoms with van der Waals surface area (Å²) in [7, 11) is 0. The number of esters is 1. The number of benzene rings is 1. The molecule has 0 spiro atoms. The second kappa shape index (κ2) is 6.64. The first-order valence-corrected chi connectivity index (χ1v) is 6.41. The molecule has 3 nitrogen and oxygen atoms in total. The van der Waals surface area contributed by atoms with Gasteiger partial charge in [0.1, 0.15) is 5.75 Å². The fraction of sp³-hybridized carbons (Fsp3) is 0.500. The first kappa shape index (κ1) is 14.8. The molecule has 4 heteroatoms. The molecule has 0 unspecified atom stereocenters. The monoisotopic (exact) mass is 270 g/mol. The Bertz CT molecular complexity index is 414. The van der Waals surface area contributed by atoms with Gasteiger partial charge in [-0.05, 0) is 38.0 Å². The molecule has 0 saturated heterocycles. The van der Waals surface area contributed by atoms with Gasteiger partial charge in [0.2, 0.25) is 0 Å². The molecular formula is C14H19ClO3. The third kappa shape index (κ3) is 4.57. The van der Waals surface area contributed by atoms with Gasteiger partial charge in [-0.2, -0.15) is 0 Å². The van der Waals surface area contributed by atoms with Crippen LogP contribution in [0.4, 0.5) is 0 Å². The topological polar surface area (TPSA) is 35.5 Å². The molecule has 0 heterocycles. The lowest BCUT2D eigenvalue weighted by molar-refractivity contribution is 0.0378. The van der Waals surface area contributed by atoms with Crippen LogP contribution in [0.25, 0.3) is 0 Å². The van der Waals surface area contributed by atoms with Crippen LogP contribution in [0, 0.1) is 5.92 Å². The molecule has 0 fully saturated rings. The van der Waals surface area contributed by atoms with Crippen LogP contribution in [-0.2, 0) is 4.74 Å². The van der Waals surface area contributed by atoms with Crippen LogP contribution in [0.2, 0.25) is 5.02 Å². The third-order valence-corrected chi connectivity index (χ3v) is 2.40. The summed E-state index contributed by atoms with van der Waals surface area (Å²) in [5.41, 5.74) is 0.363. The van der Waals surface area contributed by atoms with Gasteiger partial charge in [-0.25, -0.2) is 4.79 Å². The Morgan fingerprint density at radius 1 is 1.28 bits per heavy atom. The van der Waals surface area contributed by atoms with Crippen molar-refractivity contribution in [3.05, 3.63) is 28.8 Å². The van der Waals surface area contributed by atoms with Crippen molar-refractivity contribution in [1.82, 2.24) is 0 Å². The lowest BCUT2D eigenvalue weighted by atomic mass is 10.2. The van der Waals surface area contributed by atoms with Crippen LogP contribution in [0.5, 0.6) is 5.75 Å². The normalized spacial score (nSPS) is 10.8. The zero-order valence-electron chi connectivity index (χ0n) is 11.2. The molecule has 0 amide bonds. The Labute approximate surface area is 113 Å². The number of hydrogen-bond donors (Lipinski definition) is 0. The molecule has 0 aromatic heterocycles. The highest BCUT2D eigenvalue weighted by atomic mass is 35.5. The standard InChI is InChI=1S/C14H19ClO3/c1-9(2)8-17-11-5-6-12(13(15)7-11)14(16)18-10(3)4/h5-7,9-10H,8H2,1-4H3. The zero-order chi connectivity index (χ0) is 13.7. The van der Waals surface area contributed by atoms with Crippen LogP contribution in [0.15, 0.2) is 18.2 Å². The number of carbonyl (C=O) groups is 1. The molecule has 0 atom stereocenters. The molecule has 1 aromatic carbocycles. The van der Waals surface area contributed by atoms with E-state index in [1.54, 1.807) is 32.0 Å². The number of carbonyl (C=O) groups excluding carboxylic acids is 1. The molecule has 18 heavy (non-hydrogen) atoms. The molecule has 0 aliphatic carbocycles. The van der Waals surface area contributed by atoms with Gasteiger partial charge in [0.05, 0.1) is 23.3 Å². The van der Waals surface area contributed by atoms with Gasteiger partial charge in [0.25, 0.3) is 0 Å². The highest BCUT2D eigenvalue weighted by Gasteiger charge is 2.14. The van der Waals surface area contributed by atoms with E-state index in [0.29, 0.717) is 28.9 Å². The van der Waals surface area contributed by atoms with Crippen molar-refractivity contribution in [2.45, 2.75) is 33.8 Å². The van der Waals surface area contributed by atoms with Crippen LogP contribution in [0.1, 0.15) is 38.1 Å². The molecule has 100 valence electrons. The fourth-order valence-electron chi connectivity index (χ4n) is 1.29. The summed E-state index contributed by atoms with van der Waals surface area (Å²) in [6.07, 6.45) is -0.162. The highest BCUT2D eigenvalue weighted by molar-refractivity contribution is 6.33. The maximum atomic E-state index is 11.7. The van der Waals surface area contributed by atoms with Gasteiger partial charge in [0, 0.05) is 0 Å². The largest absolute Gasteiger partial charge is 0.493 e. The van der Waals surface area contributed by atoms with E-state index >= 15 is 0 Å². The van der Waals surface area contributed by atoms with Gasteiger partial charge in [0.15, 0.2) is 0 Å². The Morgan fingerprint density at radius 3 is 2.44 bits per heavy atom. The summed E-state index contributed by atoms with van der Waals surface area (Å²) in [6, 6.07) is 4.99. The van der Waals surface area contributed by atoms with Crippen molar-refractivity contribution >= 4 is 17.6 Å². The predicted octanol–water partition coefficient (Wildman–Crippen LogP) is 3.94. The van der Waals surface area contributed by atoms with E-state index in [-0.39, 0.29) is 6.10 Å². The third-order valence-electron chi connectivity index (χ3n) is 2.09.